The summed E-state index contributed by atoms with van der Waals surface area (Å²) in [6.45, 7) is 0.638. The highest BCUT2D eigenvalue weighted by Crippen LogP contribution is 2.21. The van der Waals surface area contributed by atoms with E-state index in [1.54, 1.807) is 24.3 Å². The Bertz CT molecular complexity index is 1160. The smallest absolute Gasteiger partial charge is 0.254 e. The molecule has 0 aromatic heterocycles. The van der Waals surface area contributed by atoms with Crippen molar-refractivity contribution in [1.82, 2.24) is 14.5 Å². The van der Waals surface area contributed by atoms with Gasteiger partial charge in [0.15, 0.2) is 0 Å². The summed E-state index contributed by atoms with van der Waals surface area (Å²) in [6, 6.07) is 11.5. The van der Waals surface area contributed by atoms with Gasteiger partial charge in [0.1, 0.15) is 6.04 Å². The van der Waals surface area contributed by atoms with Crippen molar-refractivity contribution in [3.05, 3.63) is 59.1 Å². The van der Waals surface area contributed by atoms with Gasteiger partial charge in [0.2, 0.25) is 21.8 Å². The molecule has 32 heavy (non-hydrogen) atoms. The van der Waals surface area contributed by atoms with Crippen LogP contribution in [-0.4, -0.2) is 67.6 Å². The topological polar surface area (TPSA) is 116 Å². The van der Waals surface area contributed by atoms with Crippen LogP contribution in [0.25, 0.3) is 0 Å². The van der Waals surface area contributed by atoms with Gasteiger partial charge in [-0.3, -0.25) is 14.4 Å². The molecular weight excluding hydrogens is 456 g/mol. The zero-order chi connectivity index (χ0) is 22.9. The average Bonchev–Trinajstić information content (AvgIpc) is 2.90. The zero-order valence-corrected chi connectivity index (χ0v) is 18.5. The van der Waals surface area contributed by atoms with Gasteiger partial charge in [0.05, 0.1) is 22.6 Å². The molecule has 9 nitrogen and oxygen atoms in total. The number of fused-ring (bicyclic) bond motifs is 1. The Morgan fingerprint density at radius 1 is 1.00 bits per heavy atom. The second kappa shape index (κ2) is 8.89. The highest BCUT2D eigenvalue weighted by atomic mass is 35.5. The Morgan fingerprint density at radius 3 is 2.34 bits per heavy atom. The van der Waals surface area contributed by atoms with E-state index in [1.807, 2.05) is 0 Å². The van der Waals surface area contributed by atoms with Crippen LogP contribution in [0.15, 0.2) is 53.4 Å². The van der Waals surface area contributed by atoms with Crippen LogP contribution < -0.4 is 10.6 Å². The van der Waals surface area contributed by atoms with Crippen LogP contribution >= 0.6 is 11.6 Å². The van der Waals surface area contributed by atoms with Gasteiger partial charge in [-0.05, 0) is 36.4 Å². The summed E-state index contributed by atoms with van der Waals surface area (Å²) in [5, 5.41) is 5.71. The summed E-state index contributed by atoms with van der Waals surface area (Å²) in [6.07, 6.45) is -0.213. The molecule has 0 bridgehead atoms. The molecule has 2 aromatic rings. The predicted molar refractivity (Wildman–Crippen MR) is 118 cm³/mol. The summed E-state index contributed by atoms with van der Waals surface area (Å²) >= 11 is 5.83. The lowest BCUT2D eigenvalue weighted by molar-refractivity contribution is -0.134. The van der Waals surface area contributed by atoms with Crippen LogP contribution in [0.5, 0.6) is 0 Å². The lowest BCUT2D eigenvalue weighted by atomic mass is 10.1. The minimum atomic E-state index is -3.69. The van der Waals surface area contributed by atoms with Crippen molar-refractivity contribution in [1.29, 1.82) is 0 Å². The molecule has 0 unspecified atom stereocenters. The van der Waals surface area contributed by atoms with Crippen molar-refractivity contribution in [3.63, 3.8) is 0 Å². The molecule has 0 radical (unpaired) electrons. The normalized spacial score (nSPS) is 19.5. The fourth-order valence-corrected chi connectivity index (χ4v) is 5.24. The fourth-order valence-electron chi connectivity index (χ4n) is 3.69. The van der Waals surface area contributed by atoms with Crippen molar-refractivity contribution in [3.8, 4) is 0 Å². The number of rotatable bonds is 4. The Kier molecular flexibility index (Phi) is 6.18. The van der Waals surface area contributed by atoms with Gasteiger partial charge in [0, 0.05) is 31.2 Å². The highest BCUT2D eigenvalue weighted by molar-refractivity contribution is 7.89. The Balaban J connectivity index is 1.37. The van der Waals surface area contributed by atoms with E-state index in [0.717, 1.165) is 0 Å². The zero-order valence-electron chi connectivity index (χ0n) is 17.0. The molecule has 2 aliphatic rings. The number of piperazine rings is 1. The number of carbonyl (C=O) groups is 3. The van der Waals surface area contributed by atoms with Crippen molar-refractivity contribution >= 4 is 45.0 Å². The quantitative estimate of drug-likeness (QED) is 0.690. The maximum Gasteiger partial charge on any atom is 0.254 e. The molecule has 0 aliphatic carbocycles. The van der Waals surface area contributed by atoms with E-state index in [0.29, 0.717) is 16.3 Å². The molecule has 2 aromatic carbocycles. The van der Waals surface area contributed by atoms with Crippen LogP contribution in [-0.2, 0) is 19.6 Å². The first kappa shape index (κ1) is 22.3. The van der Waals surface area contributed by atoms with Crippen molar-refractivity contribution in [2.75, 3.05) is 31.5 Å². The molecule has 3 amide bonds. The minimum absolute atomic E-state index is 0.130. The van der Waals surface area contributed by atoms with Crippen LogP contribution in [0.4, 0.5) is 5.69 Å². The van der Waals surface area contributed by atoms with Gasteiger partial charge in [-0.25, -0.2) is 8.42 Å². The number of benzene rings is 2. The second-order valence-corrected chi connectivity index (χ2v) is 9.88. The van der Waals surface area contributed by atoms with Gasteiger partial charge in [0.25, 0.3) is 5.91 Å². The van der Waals surface area contributed by atoms with E-state index in [1.165, 1.54) is 33.5 Å². The van der Waals surface area contributed by atoms with Crippen LogP contribution in [0.1, 0.15) is 16.8 Å². The number of anilines is 1. The number of hydrogen-bond acceptors (Lipinski definition) is 5. The lowest BCUT2D eigenvalue weighted by Gasteiger charge is -2.34. The number of nitrogens with zero attached hydrogens (tertiary/aromatic N) is 2. The molecule has 0 saturated carbocycles. The molecule has 1 saturated heterocycles. The standard InChI is InChI=1S/C21H21ClN4O5S/c22-14-5-7-15(8-6-14)32(30,31)26-11-9-25(10-12-26)19(27)13-18-21(29)23-17-4-2-1-3-16(17)20(28)24-18/h1-8,18H,9-13H2,(H,23,29)(H,24,28)/t18-/m0/s1. The summed E-state index contributed by atoms with van der Waals surface area (Å²) in [5.41, 5.74) is 0.725. The number of hydrogen-bond donors (Lipinski definition) is 2. The third kappa shape index (κ3) is 4.47. The number of halogens is 1. The molecule has 2 aliphatic heterocycles. The minimum Gasteiger partial charge on any atom is -0.340 e. The van der Waals surface area contributed by atoms with E-state index >= 15 is 0 Å². The van der Waals surface area contributed by atoms with Crippen LogP contribution in [0, 0.1) is 0 Å². The number of nitrogens with one attached hydrogen (secondary N) is 2. The van der Waals surface area contributed by atoms with E-state index in [9.17, 15) is 22.8 Å². The maximum atomic E-state index is 12.8. The molecule has 4 rings (SSSR count). The second-order valence-electron chi connectivity index (χ2n) is 7.50. The molecule has 2 N–H and O–H groups in total. The first-order valence-electron chi connectivity index (χ1n) is 10.00. The predicted octanol–water partition coefficient (Wildman–Crippen LogP) is 1.31. The Labute approximate surface area is 190 Å². The first-order chi connectivity index (χ1) is 15.3. The van der Waals surface area contributed by atoms with Crippen LogP contribution in [0.3, 0.4) is 0 Å². The van der Waals surface area contributed by atoms with Gasteiger partial charge < -0.3 is 15.5 Å². The molecule has 1 atom stereocenters. The molecule has 11 heteroatoms. The maximum absolute atomic E-state index is 12.8. The largest absolute Gasteiger partial charge is 0.340 e. The van der Waals surface area contributed by atoms with Crippen molar-refractivity contribution in [2.45, 2.75) is 17.4 Å². The molecular formula is C21H21ClN4O5S. The van der Waals surface area contributed by atoms with Gasteiger partial charge in [-0.2, -0.15) is 4.31 Å². The summed E-state index contributed by atoms with van der Waals surface area (Å²) in [7, 11) is -3.69. The number of para-hydroxylation sites is 1. The summed E-state index contributed by atoms with van der Waals surface area (Å²) < 4.78 is 26.9. The highest BCUT2D eigenvalue weighted by Gasteiger charge is 2.34. The monoisotopic (exact) mass is 476 g/mol. The number of sulfonamides is 1. The van der Waals surface area contributed by atoms with Gasteiger partial charge in [-0.1, -0.05) is 23.7 Å². The first-order valence-corrected chi connectivity index (χ1v) is 11.8. The van der Waals surface area contributed by atoms with E-state index < -0.39 is 27.9 Å². The number of amides is 3. The van der Waals surface area contributed by atoms with Gasteiger partial charge >= 0.3 is 0 Å². The van der Waals surface area contributed by atoms with E-state index in [-0.39, 0.29) is 43.4 Å². The van der Waals surface area contributed by atoms with Crippen molar-refractivity contribution < 1.29 is 22.8 Å². The summed E-state index contributed by atoms with van der Waals surface area (Å²) in [5.74, 6) is -1.24. The summed E-state index contributed by atoms with van der Waals surface area (Å²) in [4.78, 5) is 39.4. The van der Waals surface area contributed by atoms with Gasteiger partial charge in [-0.15, -0.1) is 0 Å². The molecule has 2 heterocycles. The van der Waals surface area contributed by atoms with E-state index in [4.69, 9.17) is 11.6 Å². The van der Waals surface area contributed by atoms with E-state index in [2.05, 4.69) is 10.6 Å². The lowest BCUT2D eigenvalue weighted by Crippen LogP contribution is -2.52. The van der Waals surface area contributed by atoms with Crippen LogP contribution in [0.2, 0.25) is 5.02 Å². The molecule has 1 fully saturated rings. The third-order valence-electron chi connectivity index (χ3n) is 5.47. The third-order valence-corrected chi connectivity index (χ3v) is 7.64. The Morgan fingerprint density at radius 2 is 1.66 bits per heavy atom. The molecule has 0 spiro atoms. The van der Waals surface area contributed by atoms with Crippen molar-refractivity contribution in [2.24, 2.45) is 0 Å². The molecule has 168 valence electrons. The fraction of sp³-hybridized carbons (Fsp3) is 0.286. The Hall–Kier alpha value is -2.95. The average molecular weight is 477 g/mol. The number of carbonyl (C=O) groups excluding carboxylic acids is 3. The SMILES string of the molecule is O=C1N[C@@H](CC(=O)N2CCN(S(=O)(=O)c3ccc(Cl)cc3)CC2)C(=O)Nc2ccccc21.